The Morgan fingerprint density at radius 2 is 1.71 bits per heavy atom. The zero-order valence-electron chi connectivity index (χ0n) is 11.7. The monoisotopic (exact) mass is 238 g/mol. The van der Waals surface area contributed by atoms with Crippen LogP contribution in [0.1, 0.15) is 51.9 Å². The highest BCUT2D eigenvalue weighted by Gasteiger charge is 2.18. The summed E-state index contributed by atoms with van der Waals surface area (Å²) in [7, 11) is 0. The fraction of sp³-hybridized carbons (Fsp3) is 1.00. The molecule has 0 aromatic rings. The Bertz CT molecular complexity index is 199. The third kappa shape index (κ3) is 4.59. The summed E-state index contributed by atoms with van der Waals surface area (Å²) in [4.78, 5) is 5.32. The molecule has 0 bridgehead atoms. The van der Waals surface area contributed by atoms with Gasteiger partial charge in [0.1, 0.15) is 0 Å². The van der Waals surface area contributed by atoms with Gasteiger partial charge in [-0.2, -0.15) is 0 Å². The number of likely N-dealkylation sites (tertiary alicyclic amines) is 2. The molecule has 2 saturated heterocycles. The van der Waals surface area contributed by atoms with Gasteiger partial charge in [0, 0.05) is 6.54 Å². The van der Waals surface area contributed by atoms with Gasteiger partial charge in [0.25, 0.3) is 0 Å². The van der Waals surface area contributed by atoms with Crippen molar-refractivity contribution in [2.24, 2.45) is 5.92 Å². The highest BCUT2D eigenvalue weighted by molar-refractivity contribution is 4.73. The van der Waals surface area contributed by atoms with Gasteiger partial charge in [-0.05, 0) is 77.2 Å². The second kappa shape index (κ2) is 7.38. The number of hydrogen-bond donors (Lipinski definition) is 0. The fourth-order valence-corrected chi connectivity index (χ4v) is 3.46. The van der Waals surface area contributed by atoms with E-state index in [0.717, 1.165) is 5.92 Å². The topological polar surface area (TPSA) is 6.48 Å². The molecule has 2 heterocycles. The summed E-state index contributed by atoms with van der Waals surface area (Å²) in [6.45, 7) is 10.4. The first-order valence-electron chi connectivity index (χ1n) is 7.83. The molecule has 1 unspecified atom stereocenters. The summed E-state index contributed by atoms with van der Waals surface area (Å²) < 4.78 is 0. The van der Waals surface area contributed by atoms with E-state index in [1.165, 1.54) is 84.2 Å². The Hall–Kier alpha value is -0.0800. The van der Waals surface area contributed by atoms with E-state index < -0.39 is 0 Å². The molecule has 2 nitrogen and oxygen atoms in total. The predicted molar refractivity (Wildman–Crippen MR) is 74.4 cm³/mol. The summed E-state index contributed by atoms with van der Waals surface area (Å²) >= 11 is 0. The first kappa shape index (κ1) is 13.4. The maximum atomic E-state index is 2.68. The van der Waals surface area contributed by atoms with Crippen molar-refractivity contribution in [3.8, 4) is 0 Å². The molecule has 0 radical (unpaired) electrons. The molecule has 2 aliphatic rings. The van der Waals surface area contributed by atoms with Gasteiger partial charge in [-0.15, -0.1) is 0 Å². The van der Waals surface area contributed by atoms with Crippen LogP contribution >= 0.6 is 0 Å². The lowest BCUT2D eigenvalue weighted by molar-refractivity contribution is 0.164. The van der Waals surface area contributed by atoms with Crippen LogP contribution in [0.2, 0.25) is 0 Å². The van der Waals surface area contributed by atoms with Gasteiger partial charge < -0.3 is 9.80 Å². The fourth-order valence-electron chi connectivity index (χ4n) is 3.46. The minimum atomic E-state index is 0.994. The first-order valence-corrected chi connectivity index (χ1v) is 7.83. The summed E-state index contributed by atoms with van der Waals surface area (Å²) in [5.41, 5.74) is 0. The Kier molecular flexibility index (Phi) is 5.79. The molecule has 0 saturated carbocycles. The molecule has 0 N–H and O–H groups in total. The van der Waals surface area contributed by atoms with Crippen LogP contribution in [-0.4, -0.2) is 49.1 Å². The quantitative estimate of drug-likeness (QED) is 0.726. The summed E-state index contributed by atoms with van der Waals surface area (Å²) in [6, 6.07) is 0. The first-order chi connectivity index (χ1) is 8.38. The zero-order valence-corrected chi connectivity index (χ0v) is 11.7. The number of hydrogen-bond acceptors (Lipinski definition) is 2. The van der Waals surface area contributed by atoms with Crippen LogP contribution in [0.4, 0.5) is 0 Å². The average molecular weight is 238 g/mol. The molecule has 0 spiro atoms. The molecular weight excluding hydrogens is 208 g/mol. The molecule has 2 fully saturated rings. The van der Waals surface area contributed by atoms with Crippen molar-refractivity contribution in [3.05, 3.63) is 0 Å². The van der Waals surface area contributed by atoms with Gasteiger partial charge in [-0.25, -0.2) is 0 Å². The van der Waals surface area contributed by atoms with Crippen molar-refractivity contribution in [2.45, 2.75) is 51.9 Å². The van der Waals surface area contributed by atoms with Gasteiger partial charge in [0.2, 0.25) is 0 Å². The van der Waals surface area contributed by atoms with E-state index in [9.17, 15) is 0 Å². The van der Waals surface area contributed by atoms with E-state index in [0.29, 0.717) is 0 Å². The average Bonchev–Trinajstić information content (AvgIpc) is 2.40. The van der Waals surface area contributed by atoms with Crippen LogP contribution in [0.5, 0.6) is 0 Å². The Morgan fingerprint density at radius 1 is 0.941 bits per heavy atom. The summed E-state index contributed by atoms with van der Waals surface area (Å²) in [5, 5.41) is 0. The van der Waals surface area contributed by atoms with E-state index in [-0.39, 0.29) is 0 Å². The van der Waals surface area contributed by atoms with Crippen LogP contribution in [-0.2, 0) is 0 Å². The second-order valence-corrected chi connectivity index (χ2v) is 5.95. The second-order valence-electron chi connectivity index (χ2n) is 5.95. The SMILES string of the molecule is CCN1CCCC(CCCN2CCCCC2)C1. The number of nitrogens with zero attached hydrogens (tertiary/aromatic N) is 2. The smallest absolute Gasteiger partial charge is 0.000956 e. The molecule has 1 atom stereocenters. The predicted octanol–water partition coefficient (Wildman–Crippen LogP) is 2.98. The maximum absolute atomic E-state index is 2.68. The van der Waals surface area contributed by atoms with Crippen LogP contribution < -0.4 is 0 Å². The number of rotatable bonds is 5. The van der Waals surface area contributed by atoms with E-state index in [1.807, 2.05) is 0 Å². The Labute approximate surface area is 107 Å². The highest BCUT2D eigenvalue weighted by atomic mass is 15.1. The molecular formula is C15H30N2. The molecule has 0 aromatic carbocycles. The highest BCUT2D eigenvalue weighted by Crippen LogP contribution is 2.21. The van der Waals surface area contributed by atoms with Crippen molar-refractivity contribution >= 4 is 0 Å². The molecule has 2 rings (SSSR count). The third-order valence-electron chi connectivity index (χ3n) is 4.59. The lowest BCUT2D eigenvalue weighted by Gasteiger charge is -2.32. The Balaban J connectivity index is 1.57. The van der Waals surface area contributed by atoms with Gasteiger partial charge in [-0.3, -0.25) is 0 Å². The van der Waals surface area contributed by atoms with Crippen molar-refractivity contribution < 1.29 is 0 Å². The van der Waals surface area contributed by atoms with Crippen molar-refractivity contribution in [3.63, 3.8) is 0 Å². The van der Waals surface area contributed by atoms with Crippen molar-refractivity contribution in [1.82, 2.24) is 9.80 Å². The van der Waals surface area contributed by atoms with Crippen molar-refractivity contribution in [1.29, 1.82) is 0 Å². The molecule has 0 aromatic heterocycles. The van der Waals surface area contributed by atoms with E-state index >= 15 is 0 Å². The minimum Gasteiger partial charge on any atom is -0.303 e. The molecule has 17 heavy (non-hydrogen) atoms. The zero-order chi connectivity index (χ0) is 11.9. The third-order valence-corrected chi connectivity index (χ3v) is 4.59. The van der Waals surface area contributed by atoms with E-state index in [2.05, 4.69) is 16.7 Å². The standard InChI is InChI=1S/C15H30N2/c1-2-16-12-6-8-15(14-16)9-7-13-17-10-4-3-5-11-17/h15H,2-14H2,1H3. The van der Waals surface area contributed by atoms with Gasteiger partial charge in [0.05, 0.1) is 0 Å². The van der Waals surface area contributed by atoms with Gasteiger partial charge in [0.15, 0.2) is 0 Å². The van der Waals surface area contributed by atoms with Crippen LogP contribution in [0.25, 0.3) is 0 Å². The van der Waals surface area contributed by atoms with Crippen molar-refractivity contribution in [2.75, 3.05) is 39.3 Å². The molecule has 0 amide bonds. The van der Waals surface area contributed by atoms with E-state index in [4.69, 9.17) is 0 Å². The van der Waals surface area contributed by atoms with Crippen LogP contribution in [0, 0.1) is 5.92 Å². The molecule has 2 aliphatic heterocycles. The lowest BCUT2D eigenvalue weighted by atomic mass is 9.93. The molecule has 2 heteroatoms. The molecule has 0 aliphatic carbocycles. The maximum Gasteiger partial charge on any atom is 0.000956 e. The summed E-state index contributed by atoms with van der Waals surface area (Å²) in [5.74, 6) is 0.994. The summed E-state index contributed by atoms with van der Waals surface area (Å²) in [6.07, 6.45) is 10.2. The number of piperidine rings is 2. The minimum absolute atomic E-state index is 0.994. The largest absolute Gasteiger partial charge is 0.303 e. The van der Waals surface area contributed by atoms with Gasteiger partial charge in [-0.1, -0.05) is 13.3 Å². The van der Waals surface area contributed by atoms with Crippen LogP contribution in [0.15, 0.2) is 0 Å². The molecule has 100 valence electrons. The normalized spacial score (nSPS) is 28.4. The Morgan fingerprint density at radius 3 is 2.47 bits per heavy atom. The van der Waals surface area contributed by atoms with E-state index in [1.54, 1.807) is 0 Å². The van der Waals surface area contributed by atoms with Gasteiger partial charge >= 0.3 is 0 Å². The van der Waals surface area contributed by atoms with Crippen LogP contribution in [0.3, 0.4) is 0 Å². The lowest BCUT2D eigenvalue weighted by Crippen LogP contribution is -2.36.